The van der Waals surface area contributed by atoms with Crippen molar-refractivity contribution in [2.75, 3.05) is 24.3 Å². The minimum Gasteiger partial charge on any atom is -0.406 e. The van der Waals surface area contributed by atoms with E-state index >= 15 is 0 Å². The molecule has 1 aromatic carbocycles. The second-order valence-corrected chi connectivity index (χ2v) is 6.97. The Morgan fingerprint density at radius 1 is 1.38 bits per heavy atom. The van der Waals surface area contributed by atoms with Crippen LogP contribution in [0.1, 0.15) is 23.7 Å². The number of hydrogen-bond donors (Lipinski definition) is 3. The number of carbonyl (C=O) groups excluding carboxylic acids is 1. The van der Waals surface area contributed by atoms with Gasteiger partial charge in [-0.2, -0.15) is 5.10 Å². The second-order valence-electron chi connectivity index (χ2n) is 6.53. The minimum atomic E-state index is -4.90. The maximum Gasteiger partial charge on any atom is 0.573 e. The van der Waals surface area contributed by atoms with Crippen molar-refractivity contribution in [3.8, 4) is 5.75 Å². The highest BCUT2D eigenvalue weighted by Crippen LogP contribution is 2.28. The fraction of sp³-hybridized carbons (Fsp3) is 0.300. The minimum absolute atomic E-state index is 0.0700. The van der Waals surface area contributed by atoms with Gasteiger partial charge in [0.25, 0.3) is 5.91 Å². The molecule has 2 rings (SSSR count). The van der Waals surface area contributed by atoms with Gasteiger partial charge in [0.15, 0.2) is 0 Å². The molecule has 0 saturated heterocycles. The van der Waals surface area contributed by atoms with Gasteiger partial charge in [-0.05, 0) is 36.8 Å². The lowest BCUT2D eigenvalue weighted by Gasteiger charge is -2.28. The Hall–Kier alpha value is -3.34. The summed E-state index contributed by atoms with van der Waals surface area (Å²) in [6.07, 6.45) is -0.822. The van der Waals surface area contributed by atoms with E-state index in [4.69, 9.17) is 17.0 Å². The number of nitrogens with one attached hydrogen (secondary N) is 3. The number of likely N-dealkylation sites (N-methyl/N-ethyl adjacent to an activating group) is 1. The number of benzene rings is 1. The van der Waals surface area contributed by atoms with Crippen LogP contribution in [0.15, 0.2) is 41.6 Å². The molecular weight excluding hydrogens is 449 g/mol. The largest absolute Gasteiger partial charge is 0.573 e. The van der Waals surface area contributed by atoms with Crippen molar-refractivity contribution in [1.82, 2.24) is 9.88 Å². The van der Waals surface area contributed by atoms with E-state index in [0.717, 1.165) is 24.6 Å². The smallest absolute Gasteiger partial charge is 0.406 e. The molecule has 0 saturated carbocycles. The summed E-state index contributed by atoms with van der Waals surface area (Å²) in [5.41, 5.74) is 2.65. The zero-order chi connectivity index (χ0) is 23.7. The summed E-state index contributed by atoms with van der Waals surface area (Å²) in [5, 5.41) is 14.3. The molecule has 0 radical (unpaired) electrons. The standard InChI is InChI=1S/C20H22ClF3N6O2/c1-3-14(12-27-18-7-4-13(21)11-26-18)30(2)19(31)16-10-15(32-20(22,23)24)5-6-17(16)29-28-9-8-25/h4-11,14,25,29H,3,12H2,1-2H3,(H,26,27)/b25-8?,28-9-. The van der Waals surface area contributed by atoms with E-state index in [1.54, 1.807) is 19.2 Å². The molecule has 12 heteroatoms. The number of anilines is 2. The number of carbonyl (C=O) groups is 1. The number of ether oxygens (including phenoxy) is 1. The second kappa shape index (κ2) is 11.3. The van der Waals surface area contributed by atoms with Crippen LogP contribution < -0.4 is 15.5 Å². The normalized spacial score (nSPS) is 12.3. The maximum atomic E-state index is 13.2. The van der Waals surface area contributed by atoms with Gasteiger partial charge in [-0.1, -0.05) is 18.5 Å². The molecule has 2 aromatic rings. The molecule has 1 amide bonds. The Bertz CT molecular complexity index is 953. The Balaban J connectivity index is 2.25. The Labute approximate surface area is 187 Å². The highest BCUT2D eigenvalue weighted by Gasteiger charge is 2.32. The van der Waals surface area contributed by atoms with Crippen LogP contribution in [0.4, 0.5) is 24.7 Å². The van der Waals surface area contributed by atoms with Gasteiger partial charge in [-0.15, -0.1) is 13.2 Å². The number of alkyl halides is 3. The summed E-state index contributed by atoms with van der Waals surface area (Å²) >= 11 is 5.82. The van der Waals surface area contributed by atoms with Crippen molar-refractivity contribution in [2.24, 2.45) is 5.10 Å². The van der Waals surface area contributed by atoms with E-state index in [1.807, 2.05) is 6.92 Å². The highest BCUT2D eigenvalue weighted by molar-refractivity contribution is 6.30. The van der Waals surface area contributed by atoms with E-state index in [-0.39, 0.29) is 17.3 Å². The lowest BCUT2D eigenvalue weighted by atomic mass is 10.1. The molecule has 0 aliphatic carbocycles. The van der Waals surface area contributed by atoms with Crippen molar-refractivity contribution in [2.45, 2.75) is 25.7 Å². The molecule has 8 nitrogen and oxygen atoms in total. The molecular formula is C20H22ClF3N6O2. The summed E-state index contributed by atoms with van der Waals surface area (Å²) in [6.45, 7) is 2.23. The van der Waals surface area contributed by atoms with Gasteiger partial charge in [-0.3, -0.25) is 10.2 Å². The molecule has 0 aliphatic rings. The van der Waals surface area contributed by atoms with Crippen LogP contribution >= 0.6 is 11.6 Å². The first-order valence-corrected chi connectivity index (χ1v) is 9.83. The van der Waals surface area contributed by atoms with E-state index in [2.05, 4.69) is 25.6 Å². The molecule has 0 fully saturated rings. The van der Waals surface area contributed by atoms with Gasteiger partial charge in [-0.25, -0.2) is 4.98 Å². The summed E-state index contributed by atoms with van der Waals surface area (Å²) in [7, 11) is 1.55. The van der Waals surface area contributed by atoms with Crippen LogP contribution in [0.5, 0.6) is 5.75 Å². The third-order valence-electron chi connectivity index (χ3n) is 4.37. The lowest BCUT2D eigenvalue weighted by Crippen LogP contribution is -2.41. The third-order valence-corrected chi connectivity index (χ3v) is 4.60. The number of halogens is 4. The molecule has 172 valence electrons. The average molecular weight is 471 g/mol. The summed E-state index contributed by atoms with van der Waals surface area (Å²) in [4.78, 5) is 18.7. The average Bonchev–Trinajstić information content (AvgIpc) is 2.74. The number of nitrogens with zero attached hydrogens (tertiary/aromatic N) is 3. The zero-order valence-corrected chi connectivity index (χ0v) is 18.0. The molecule has 1 unspecified atom stereocenters. The lowest BCUT2D eigenvalue weighted by molar-refractivity contribution is -0.274. The molecule has 0 spiro atoms. The number of aromatic nitrogens is 1. The maximum absolute atomic E-state index is 13.2. The number of amides is 1. The summed E-state index contributed by atoms with van der Waals surface area (Å²) in [6, 6.07) is 6.38. The Kier molecular flexibility index (Phi) is 8.82. The number of pyridine rings is 1. The number of rotatable bonds is 10. The quantitative estimate of drug-likeness (QED) is 0.346. The Morgan fingerprint density at radius 3 is 2.72 bits per heavy atom. The first-order valence-electron chi connectivity index (χ1n) is 9.45. The molecule has 32 heavy (non-hydrogen) atoms. The van der Waals surface area contributed by atoms with Crippen LogP contribution in [-0.4, -0.2) is 54.2 Å². The predicted octanol–water partition coefficient (Wildman–Crippen LogP) is 4.64. The van der Waals surface area contributed by atoms with Crippen LogP contribution in [0.2, 0.25) is 5.02 Å². The van der Waals surface area contributed by atoms with Gasteiger partial charge >= 0.3 is 6.36 Å². The fourth-order valence-corrected chi connectivity index (χ4v) is 2.86. The van der Waals surface area contributed by atoms with Crippen LogP contribution in [-0.2, 0) is 0 Å². The highest BCUT2D eigenvalue weighted by atomic mass is 35.5. The number of hydrazone groups is 1. The molecule has 0 aliphatic heterocycles. The van der Waals surface area contributed by atoms with Gasteiger partial charge in [0.1, 0.15) is 11.6 Å². The third kappa shape index (κ3) is 7.41. The van der Waals surface area contributed by atoms with Gasteiger partial charge in [0.05, 0.1) is 22.5 Å². The molecule has 1 heterocycles. The van der Waals surface area contributed by atoms with E-state index < -0.39 is 18.0 Å². The monoisotopic (exact) mass is 470 g/mol. The van der Waals surface area contributed by atoms with Crippen molar-refractivity contribution in [3.05, 3.63) is 47.1 Å². The van der Waals surface area contributed by atoms with Crippen LogP contribution in [0.3, 0.4) is 0 Å². The number of hydrogen-bond acceptors (Lipinski definition) is 7. The van der Waals surface area contributed by atoms with E-state index in [0.29, 0.717) is 23.8 Å². The first kappa shape index (κ1) is 24.9. The fourth-order valence-electron chi connectivity index (χ4n) is 2.75. The van der Waals surface area contributed by atoms with Crippen molar-refractivity contribution in [1.29, 1.82) is 5.41 Å². The Morgan fingerprint density at radius 2 is 2.12 bits per heavy atom. The molecule has 0 bridgehead atoms. The van der Waals surface area contributed by atoms with Gasteiger partial charge in [0.2, 0.25) is 0 Å². The van der Waals surface area contributed by atoms with Gasteiger partial charge < -0.3 is 20.4 Å². The van der Waals surface area contributed by atoms with Crippen molar-refractivity contribution >= 4 is 41.4 Å². The first-order chi connectivity index (χ1) is 15.1. The topological polar surface area (TPSA) is 103 Å². The molecule has 1 atom stereocenters. The summed E-state index contributed by atoms with van der Waals surface area (Å²) in [5.74, 6) is -0.507. The molecule has 1 aromatic heterocycles. The summed E-state index contributed by atoms with van der Waals surface area (Å²) < 4.78 is 41.9. The predicted molar refractivity (Wildman–Crippen MR) is 118 cm³/mol. The van der Waals surface area contributed by atoms with Gasteiger partial charge in [0, 0.05) is 32.0 Å². The molecule has 3 N–H and O–H groups in total. The van der Waals surface area contributed by atoms with E-state index in [1.165, 1.54) is 17.2 Å². The van der Waals surface area contributed by atoms with E-state index in [9.17, 15) is 18.0 Å². The van der Waals surface area contributed by atoms with Crippen LogP contribution in [0.25, 0.3) is 0 Å². The van der Waals surface area contributed by atoms with Crippen molar-refractivity contribution in [3.63, 3.8) is 0 Å². The van der Waals surface area contributed by atoms with Crippen LogP contribution in [0, 0.1) is 5.41 Å². The van der Waals surface area contributed by atoms with Crippen molar-refractivity contribution < 1.29 is 22.7 Å². The SMILES string of the molecule is CCC(CNc1ccc(Cl)cn1)N(C)C(=O)c1cc(OC(F)(F)F)ccc1N/N=C\C=N. The zero-order valence-electron chi connectivity index (χ0n) is 17.3.